The van der Waals surface area contributed by atoms with Gasteiger partial charge in [0.2, 0.25) is 11.2 Å². The molecule has 0 bridgehead atoms. The van der Waals surface area contributed by atoms with E-state index in [2.05, 4.69) is 5.32 Å². The van der Waals surface area contributed by atoms with Crippen LogP contribution in [0.2, 0.25) is 0 Å². The summed E-state index contributed by atoms with van der Waals surface area (Å²) in [5.74, 6) is -0.364. The molecule has 227 valence electrons. The van der Waals surface area contributed by atoms with Gasteiger partial charge in [0.05, 0.1) is 45.9 Å². The number of nitrogens with one attached hydrogen (secondary N) is 1. The zero-order valence-corrected chi connectivity index (χ0v) is 25.4. The molecule has 1 amide bonds. The molecule has 11 heteroatoms. The van der Waals surface area contributed by atoms with Crippen LogP contribution >= 0.6 is 0 Å². The van der Waals surface area contributed by atoms with E-state index < -0.39 is 41.5 Å². The van der Waals surface area contributed by atoms with Crippen LogP contribution in [-0.2, 0) is 26.0 Å². The van der Waals surface area contributed by atoms with Gasteiger partial charge in [0.1, 0.15) is 0 Å². The first-order chi connectivity index (χ1) is 19.8. The lowest BCUT2D eigenvalue weighted by Gasteiger charge is -2.32. The van der Waals surface area contributed by atoms with Gasteiger partial charge in [0, 0.05) is 11.1 Å². The van der Waals surface area contributed by atoms with Crippen molar-refractivity contribution in [1.29, 1.82) is 0 Å². The Morgan fingerprint density at radius 1 is 0.952 bits per heavy atom. The number of benzene rings is 1. The average Bonchev–Trinajstić information content (AvgIpc) is 3.10. The standard InChI is InChI=1S/C31H39N2O9/c1-30(2)15-20(31(3,4)33(30)37)29(36)42-16-25(35)32-21-11-9-17-13-24(39-6)27(40-7)28(41-8)26(17)18-10-12-23(38-5)22(34)14-19(18)21/h10,12-14,20-21H,9,11,15-16H2,1-8H3,(H,32,35)/t20?,21-/m0/s1. The Morgan fingerprint density at radius 2 is 1.62 bits per heavy atom. The molecular formula is C31H39N2O9. The fraction of sp³-hybridized carbons (Fsp3) is 0.516. The van der Waals surface area contributed by atoms with E-state index in [1.165, 1.54) is 34.5 Å². The van der Waals surface area contributed by atoms with Crippen molar-refractivity contribution in [2.24, 2.45) is 5.92 Å². The highest BCUT2D eigenvalue weighted by Crippen LogP contribution is 2.50. The molecule has 1 saturated heterocycles. The van der Waals surface area contributed by atoms with Gasteiger partial charge >= 0.3 is 5.97 Å². The van der Waals surface area contributed by atoms with Crippen LogP contribution in [0.1, 0.15) is 57.7 Å². The van der Waals surface area contributed by atoms with Gasteiger partial charge in [-0.2, -0.15) is 0 Å². The first-order valence-electron chi connectivity index (χ1n) is 13.8. The molecule has 0 saturated carbocycles. The predicted molar refractivity (Wildman–Crippen MR) is 153 cm³/mol. The number of nitrogens with zero attached hydrogens (tertiary/aromatic N) is 1. The Labute approximate surface area is 245 Å². The maximum Gasteiger partial charge on any atom is 0.311 e. The molecule has 1 aliphatic carbocycles. The zero-order chi connectivity index (χ0) is 31.0. The Bertz CT molecular complexity index is 1440. The number of methoxy groups -OCH3 is 4. The highest BCUT2D eigenvalue weighted by atomic mass is 16.5. The highest BCUT2D eigenvalue weighted by Gasteiger charge is 2.56. The molecule has 1 radical (unpaired) electrons. The van der Waals surface area contributed by atoms with Crippen molar-refractivity contribution in [3.05, 3.63) is 45.6 Å². The molecule has 1 fully saturated rings. The molecule has 1 aliphatic heterocycles. The molecule has 4 rings (SSSR count). The minimum Gasteiger partial charge on any atom is -0.493 e. The van der Waals surface area contributed by atoms with Crippen LogP contribution in [0.25, 0.3) is 11.1 Å². The van der Waals surface area contributed by atoms with Gasteiger partial charge < -0.3 is 29.0 Å². The Balaban J connectivity index is 1.67. The van der Waals surface area contributed by atoms with Gasteiger partial charge in [0.15, 0.2) is 23.9 Å². The number of ether oxygens (including phenoxy) is 5. The molecule has 2 aliphatic rings. The Morgan fingerprint density at radius 3 is 2.19 bits per heavy atom. The second-order valence-corrected chi connectivity index (χ2v) is 11.7. The maximum atomic E-state index is 13.2. The fourth-order valence-electron chi connectivity index (χ4n) is 6.22. The molecule has 42 heavy (non-hydrogen) atoms. The number of fused-ring (bicyclic) bond motifs is 3. The Kier molecular flexibility index (Phi) is 8.75. The largest absolute Gasteiger partial charge is 0.493 e. The minimum absolute atomic E-state index is 0.137. The van der Waals surface area contributed by atoms with Gasteiger partial charge in [-0.3, -0.25) is 14.4 Å². The van der Waals surface area contributed by atoms with Crippen molar-refractivity contribution < 1.29 is 38.5 Å². The Hall–Kier alpha value is -3.83. The van der Waals surface area contributed by atoms with Crippen LogP contribution in [0.4, 0.5) is 0 Å². The van der Waals surface area contributed by atoms with Gasteiger partial charge in [0.25, 0.3) is 5.91 Å². The highest BCUT2D eigenvalue weighted by molar-refractivity contribution is 5.85. The van der Waals surface area contributed by atoms with Crippen LogP contribution in [0, 0.1) is 5.92 Å². The van der Waals surface area contributed by atoms with Crippen molar-refractivity contribution in [2.45, 2.75) is 64.1 Å². The van der Waals surface area contributed by atoms with E-state index in [4.69, 9.17) is 23.7 Å². The summed E-state index contributed by atoms with van der Waals surface area (Å²) in [5.41, 5.74) is 0.719. The summed E-state index contributed by atoms with van der Waals surface area (Å²) in [6.45, 7) is 6.44. The number of hydrogen-bond acceptors (Lipinski definition) is 9. The van der Waals surface area contributed by atoms with Gasteiger partial charge in [-0.25, -0.2) is 0 Å². The van der Waals surface area contributed by atoms with E-state index in [9.17, 15) is 19.6 Å². The van der Waals surface area contributed by atoms with Crippen LogP contribution < -0.4 is 29.7 Å². The summed E-state index contributed by atoms with van der Waals surface area (Å²) in [5, 5.41) is 16.6. The summed E-state index contributed by atoms with van der Waals surface area (Å²) < 4.78 is 27.7. The zero-order valence-electron chi connectivity index (χ0n) is 25.4. The van der Waals surface area contributed by atoms with Crippen LogP contribution in [0.15, 0.2) is 29.1 Å². The molecule has 2 aromatic rings. The lowest BCUT2D eigenvalue weighted by molar-refractivity contribution is -0.248. The average molecular weight is 584 g/mol. The predicted octanol–water partition coefficient (Wildman–Crippen LogP) is 3.62. The van der Waals surface area contributed by atoms with Gasteiger partial charge in [-0.1, -0.05) is 6.07 Å². The summed E-state index contributed by atoms with van der Waals surface area (Å²) >= 11 is 0. The molecule has 0 aromatic heterocycles. The smallest absolute Gasteiger partial charge is 0.311 e. The first-order valence-corrected chi connectivity index (χ1v) is 13.8. The van der Waals surface area contributed by atoms with E-state index >= 15 is 0 Å². The van der Waals surface area contributed by atoms with Crippen molar-refractivity contribution in [3.8, 4) is 34.1 Å². The van der Waals surface area contributed by atoms with Crippen LogP contribution in [0.5, 0.6) is 23.0 Å². The molecule has 1 heterocycles. The number of esters is 1. The minimum atomic E-state index is -0.970. The normalized spacial score (nSPS) is 20.4. The SMILES string of the molecule is COc1cc2c(c(OC)c1OC)-c1ccc(OC)c(=O)cc1[C@@H](NC(=O)COC(=O)C1CC(C)(C)N([O])C1(C)C)CC2. The van der Waals surface area contributed by atoms with Gasteiger partial charge in [-0.15, -0.1) is 10.3 Å². The molecular weight excluding hydrogens is 544 g/mol. The number of carbonyl (C=O) groups excluding carboxylic acids is 2. The number of rotatable bonds is 8. The number of carbonyl (C=O) groups is 2. The van der Waals surface area contributed by atoms with Crippen molar-refractivity contribution in [2.75, 3.05) is 35.0 Å². The number of hydroxylamine groups is 2. The molecule has 1 N–H and O–H groups in total. The first kappa shape index (κ1) is 31.1. The quantitative estimate of drug-likeness (QED) is 0.463. The number of aryl methyl sites for hydroxylation is 1. The third kappa shape index (κ3) is 5.50. The molecule has 1 unspecified atom stereocenters. The van der Waals surface area contributed by atoms with E-state index in [0.29, 0.717) is 53.2 Å². The second kappa shape index (κ2) is 11.8. The summed E-state index contributed by atoms with van der Waals surface area (Å²) in [4.78, 5) is 39.2. The third-order valence-electron chi connectivity index (χ3n) is 8.32. The maximum absolute atomic E-state index is 13.2. The van der Waals surface area contributed by atoms with E-state index in [1.807, 2.05) is 6.07 Å². The van der Waals surface area contributed by atoms with E-state index in [-0.39, 0.29) is 11.2 Å². The monoisotopic (exact) mass is 583 g/mol. The molecule has 2 aromatic carbocycles. The summed E-state index contributed by atoms with van der Waals surface area (Å²) in [7, 11) is 5.99. The molecule has 2 atom stereocenters. The summed E-state index contributed by atoms with van der Waals surface area (Å²) in [6, 6.07) is 6.04. The van der Waals surface area contributed by atoms with Crippen LogP contribution in [0.3, 0.4) is 0 Å². The van der Waals surface area contributed by atoms with E-state index in [1.54, 1.807) is 39.8 Å². The number of amides is 1. The number of hydrogen-bond donors (Lipinski definition) is 1. The molecule has 0 spiro atoms. The molecule has 11 nitrogen and oxygen atoms in total. The van der Waals surface area contributed by atoms with Crippen molar-refractivity contribution >= 4 is 11.9 Å². The fourth-order valence-corrected chi connectivity index (χ4v) is 6.22. The van der Waals surface area contributed by atoms with Gasteiger partial charge in [-0.05, 0) is 81.8 Å². The third-order valence-corrected chi connectivity index (χ3v) is 8.32. The van der Waals surface area contributed by atoms with E-state index in [0.717, 1.165) is 10.6 Å². The lowest BCUT2D eigenvalue weighted by Crippen LogP contribution is -2.47. The van der Waals surface area contributed by atoms with Crippen molar-refractivity contribution in [1.82, 2.24) is 10.4 Å². The van der Waals surface area contributed by atoms with Crippen molar-refractivity contribution in [3.63, 3.8) is 0 Å². The topological polar surface area (TPSA) is 133 Å². The summed E-state index contributed by atoms with van der Waals surface area (Å²) in [6.07, 6.45) is 1.25. The lowest BCUT2D eigenvalue weighted by atomic mass is 9.87. The van der Waals surface area contributed by atoms with Crippen LogP contribution in [-0.4, -0.2) is 63.1 Å². The second-order valence-electron chi connectivity index (χ2n) is 11.7.